The lowest BCUT2D eigenvalue weighted by atomic mass is 10.3. The maximum absolute atomic E-state index is 11.2. The van der Waals surface area contributed by atoms with E-state index in [-0.39, 0.29) is 18.7 Å². The van der Waals surface area contributed by atoms with Gasteiger partial charge in [0.15, 0.2) is 0 Å². The molecular weight excluding hydrogens is 217 g/mol. The van der Waals surface area contributed by atoms with Crippen LogP contribution >= 0.6 is 8.03 Å². The third-order valence-electron chi connectivity index (χ3n) is 1.52. The topological polar surface area (TPSA) is 98.6 Å². The Morgan fingerprint density at radius 3 is 2.47 bits per heavy atom. The molecule has 5 nitrogen and oxygen atoms in total. The molecule has 0 amide bonds. The number of carbonyl (C=O) groups is 1. The van der Waals surface area contributed by atoms with Gasteiger partial charge in [0.05, 0.1) is 6.42 Å². The maximum atomic E-state index is 11.2. The number of benzene rings is 1. The van der Waals surface area contributed by atoms with Crippen LogP contribution in [0.2, 0.25) is 0 Å². The van der Waals surface area contributed by atoms with Crippen molar-refractivity contribution in [3.63, 3.8) is 0 Å². The molecule has 0 spiro atoms. The van der Waals surface area contributed by atoms with Crippen LogP contribution in [-0.2, 0) is 9.36 Å². The summed E-state index contributed by atoms with van der Waals surface area (Å²) < 4.78 is 16.3. The molecule has 15 heavy (non-hydrogen) atoms. The predicted octanol–water partition coefficient (Wildman–Crippen LogP) is 2.18. The summed E-state index contributed by atoms with van der Waals surface area (Å²) in [7, 11) is -2.27. The van der Waals surface area contributed by atoms with Gasteiger partial charge in [-0.2, -0.15) is 0 Å². The lowest BCUT2D eigenvalue weighted by Crippen LogP contribution is -1.97. The standard InChI is InChI=1S/C9H11O4P.H3N/c10-9(11)6-7-14(12)13-8-4-2-1-3-5-8;/h1-5,14H,6-7H2,(H,10,11);1H3. The van der Waals surface area contributed by atoms with Crippen LogP contribution in [0.5, 0.6) is 5.75 Å². The van der Waals surface area contributed by atoms with Gasteiger partial charge in [-0.1, -0.05) is 18.2 Å². The van der Waals surface area contributed by atoms with Gasteiger partial charge in [0.25, 0.3) is 0 Å². The van der Waals surface area contributed by atoms with E-state index in [1.54, 1.807) is 24.3 Å². The molecule has 0 heterocycles. The molecule has 6 heteroatoms. The highest BCUT2D eigenvalue weighted by Gasteiger charge is 2.04. The Bertz CT molecular complexity index is 328. The second-order valence-electron chi connectivity index (χ2n) is 2.68. The number of carboxylic acid groups (broad SMARTS) is 1. The van der Waals surface area contributed by atoms with Crippen molar-refractivity contribution in [3.8, 4) is 5.75 Å². The van der Waals surface area contributed by atoms with Crippen LogP contribution in [0.3, 0.4) is 0 Å². The Hall–Kier alpha value is -1.32. The highest BCUT2D eigenvalue weighted by molar-refractivity contribution is 7.39. The molecule has 1 aromatic carbocycles. The first-order chi connectivity index (χ1) is 6.68. The van der Waals surface area contributed by atoms with Crippen LogP contribution in [0, 0.1) is 0 Å². The zero-order valence-corrected chi connectivity index (χ0v) is 9.18. The Morgan fingerprint density at radius 1 is 1.33 bits per heavy atom. The van der Waals surface area contributed by atoms with Gasteiger partial charge >= 0.3 is 5.97 Å². The Balaban J connectivity index is 0.00000196. The van der Waals surface area contributed by atoms with Crippen LogP contribution in [0.25, 0.3) is 0 Å². The largest absolute Gasteiger partial charge is 0.481 e. The molecule has 0 radical (unpaired) electrons. The molecule has 0 aromatic heterocycles. The molecule has 0 saturated carbocycles. The van der Waals surface area contributed by atoms with Crippen LogP contribution in [0.1, 0.15) is 6.42 Å². The fraction of sp³-hybridized carbons (Fsp3) is 0.222. The summed E-state index contributed by atoms with van der Waals surface area (Å²) in [6, 6.07) is 8.72. The summed E-state index contributed by atoms with van der Waals surface area (Å²) in [6.07, 6.45) is -0.0421. The zero-order valence-electron chi connectivity index (χ0n) is 8.18. The smallest absolute Gasteiger partial charge is 0.303 e. The van der Waals surface area contributed by atoms with Gasteiger partial charge in [-0.05, 0) is 12.1 Å². The van der Waals surface area contributed by atoms with Gasteiger partial charge in [-0.25, -0.2) is 0 Å². The van der Waals surface area contributed by atoms with E-state index < -0.39 is 14.0 Å². The van der Waals surface area contributed by atoms with E-state index in [0.29, 0.717) is 5.75 Å². The minimum absolute atomic E-state index is 0. The zero-order chi connectivity index (χ0) is 10.4. The van der Waals surface area contributed by atoms with Crippen molar-refractivity contribution in [2.45, 2.75) is 6.42 Å². The van der Waals surface area contributed by atoms with E-state index >= 15 is 0 Å². The van der Waals surface area contributed by atoms with E-state index in [4.69, 9.17) is 9.63 Å². The number of aliphatic carboxylic acids is 1. The molecule has 0 aliphatic carbocycles. The SMILES string of the molecule is N.O=C(O)CC[PH](=O)Oc1ccccc1. The molecule has 84 valence electrons. The molecule has 4 N–H and O–H groups in total. The highest BCUT2D eigenvalue weighted by Crippen LogP contribution is 2.26. The van der Waals surface area contributed by atoms with Crippen molar-refractivity contribution in [1.29, 1.82) is 0 Å². The average molecular weight is 231 g/mol. The fourth-order valence-electron chi connectivity index (χ4n) is 0.880. The molecule has 0 aliphatic heterocycles. The normalized spacial score (nSPS) is 11.2. The van der Waals surface area contributed by atoms with E-state index in [2.05, 4.69) is 0 Å². The first kappa shape index (κ1) is 13.7. The first-order valence-electron chi connectivity index (χ1n) is 4.16. The number of rotatable bonds is 5. The fourth-order valence-corrected chi connectivity index (χ4v) is 1.80. The molecule has 0 aliphatic rings. The van der Waals surface area contributed by atoms with E-state index in [1.165, 1.54) is 0 Å². The van der Waals surface area contributed by atoms with Crippen molar-refractivity contribution < 1.29 is 19.0 Å². The Kier molecular flexibility index (Phi) is 6.42. The minimum atomic E-state index is -2.27. The third kappa shape index (κ3) is 5.88. The molecule has 0 bridgehead atoms. The van der Waals surface area contributed by atoms with Crippen LogP contribution in [0.4, 0.5) is 0 Å². The van der Waals surface area contributed by atoms with E-state index in [1.807, 2.05) is 6.07 Å². The maximum Gasteiger partial charge on any atom is 0.303 e. The van der Waals surface area contributed by atoms with Crippen LogP contribution < -0.4 is 10.7 Å². The Labute approximate surface area is 88.5 Å². The average Bonchev–Trinajstić information content (AvgIpc) is 2.16. The van der Waals surface area contributed by atoms with Gasteiger partial charge < -0.3 is 15.8 Å². The second-order valence-corrected chi connectivity index (χ2v) is 4.13. The lowest BCUT2D eigenvalue weighted by molar-refractivity contribution is -0.136. The first-order valence-corrected chi connectivity index (χ1v) is 5.68. The third-order valence-corrected chi connectivity index (χ3v) is 2.64. The molecule has 1 rings (SSSR count). The summed E-state index contributed by atoms with van der Waals surface area (Å²) in [4.78, 5) is 10.2. The van der Waals surface area contributed by atoms with Crippen LogP contribution in [-0.4, -0.2) is 17.2 Å². The summed E-state index contributed by atoms with van der Waals surface area (Å²) >= 11 is 0. The minimum Gasteiger partial charge on any atom is -0.481 e. The van der Waals surface area contributed by atoms with Crippen molar-refractivity contribution in [1.82, 2.24) is 6.15 Å². The van der Waals surface area contributed by atoms with Crippen molar-refractivity contribution in [2.75, 3.05) is 6.16 Å². The van der Waals surface area contributed by atoms with Gasteiger partial charge in [-0.3, -0.25) is 9.36 Å². The molecule has 1 unspecified atom stereocenters. The van der Waals surface area contributed by atoms with Crippen molar-refractivity contribution in [3.05, 3.63) is 30.3 Å². The molecule has 0 saturated heterocycles. The monoisotopic (exact) mass is 231 g/mol. The van der Waals surface area contributed by atoms with Crippen LogP contribution in [0.15, 0.2) is 30.3 Å². The van der Waals surface area contributed by atoms with E-state index in [9.17, 15) is 9.36 Å². The number of para-hydroxylation sites is 1. The second kappa shape index (κ2) is 7.04. The van der Waals surface area contributed by atoms with E-state index in [0.717, 1.165) is 0 Å². The number of hydrogen-bond donors (Lipinski definition) is 2. The molecular formula is C9H14NO4P. The van der Waals surface area contributed by atoms with Crippen molar-refractivity contribution in [2.24, 2.45) is 0 Å². The summed E-state index contributed by atoms with van der Waals surface area (Å²) in [5.74, 6) is -0.443. The van der Waals surface area contributed by atoms with Gasteiger partial charge in [0, 0.05) is 6.16 Å². The predicted molar refractivity (Wildman–Crippen MR) is 58.2 cm³/mol. The highest BCUT2D eigenvalue weighted by atomic mass is 31.1. The number of carboxylic acids is 1. The summed E-state index contributed by atoms with van der Waals surface area (Å²) in [5.41, 5.74) is 0. The van der Waals surface area contributed by atoms with Crippen molar-refractivity contribution >= 4 is 14.0 Å². The van der Waals surface area contributed by atoms with Gasteiger partial charge in [0.1, 0.15) is 5.75 Å². The molecule has 1 aromatic rings. The molecule has 1 atom stereocenters. The summed E-state index contributed by atoms with van der Waals surface area (Å²) in [5, 5.41) is 8.35. The lowest BCUT2D eigenvalue weighted by Gasteiger charge is -2.03. The van der Waals surface area contributed by atoms with Gasteiger partial charge in [0.2, 0.25) is 8.03 Å². The van der Waals surface area contributed by atoms with Gasteiger partial charge in [-0.15, -0.1) is 0 Å². The molecule has 0 fully saturated rings. The number of hydrogen-bond acceptors (Lipinski definition) is 4. The summed E-state index contributed by atoms with van der Waals surface area (Å²) in [6.45, 7) is 0. The Morgan fingerprint density at radius 2 is 1.93 bits per heavy atom. The quantitative estimate of drug-likeness (QED) is 0.756.